The van der Waals surface area contributed by atoms with Gasteiger partial charge in [-0.15, -0.1) is 0 Å². The minimum Gasteiger partial charge on any atom is -0.481 e. The first-order valence-electron chi connectivity index (χ1n) is 5.54. The van der Waals surface area contributed by atoms with Crippen LogP contribution < -0.4 is 0 Å². The van der Waals surface area contributed by atoms with Crippen LogP contribution in [0.5, 0.6) is 0 Å². The molecule has 0 radical (unpaired) electrons. The summed E-state index contributed by atoms with van der Waals surface area (Å²) in [5.41, 5.74) is 0.779. The normalized spacial score (nSPS) is 10.6. The molecule has 0 aliphatic rings. The van der Waals surface area contributed by atoms with Crippen LogP contribution in [0.15, 0.2) is 30.3 Å². The number of aliphatic carboxylic acids is 1. The summed E-state index contributed by atoms with van der Waals surface area (Å²) >= 11 is 0. The van der Waals surface area contributed by atoms with Gasteiger partial charge in [-0.1, -0.05) is 12.1 Å². The molecule has 0 bridgehead atoms. The maximum atomic E-state index is 10.9. The van der Waals surface area contributed by atoms with E-state index in [-0.39, 0.29) is 18.7 Å². The van der Waals surface area contributed by atoms with Crippen LogP contribution in [0, 0.1) is 10.1 Å². The number of aliphatic hydroxyl groups excluding tert-OH is 1. The van der Waals surface area contributed by atoms with Gasteiger partial charge in [0.25, 0.3) is 5.69 Å². The summed E-state index contributed by atoms with van der Waals surface area (Å²) in [5.74, 6) is -1.05. The second-order valence-electron chi connectivity index (χ2n) is 4.10. The fourth-order valence-corrected chi connectivity index (χ4v) is 2.03. The lowest BCUT2D eigenvalue weighted by molar-refractivity contribution is -0.383. The molecule has 2 aromatic carbocycles. The summed E-state index contributed by atoms with van der Waals surface area (Å²) in [6.45, 7) is -0.304. The number of carboxylic acids is 1. The summed E-state index contributed by atoms with van der Waals surface area (Å²) in [4.78, 5) is 21.2. The minimum absolute atomic E-state index is 0.0753. The number of carbonyl (C=O) groups is 1. The molecular weight excluding hydrogens is 250 g/mol. The van der Waals surface area contributed by atoms with Gasteiger partial charge in [0.1, 0.15) is 0 Å². The number of benzene rings is 2. The van der Waals surface area contributed by atoms with Crippen LogP contribution in [0.2, 0.25) is 0 Å². The van der Waals surface area contributed by atoms with E-state index in [0.717, 1.165) is 0 Å². The number of hydrogen-bond acceptors (Lipinski definition) is 4. The van der Waals surface area contributed by atoms with Crippen molar-refractivity contribution in [2.24, 2.45) is 0 Å². The van der Waals surface area contributed by atoms with E-state index >= 15 is 0 Å². The highest BCUT2D eigenvalue weighted by molar-refractivity contribution is 5.92. The van der Waals surface area contributed by atoms with E-state index in [1.54, 1.807) is 18.2 Å². The third kappa shape index (κ3) is 2.53. The van der Waals surface area contributed by atoms with Crippen LogP contribution in [0.4, 0.5) is 5.69 Å². The third-order valence-corrected chi connectivity index (χ3v) is 2.89. The van der Waals surface area contributed by atoms with Crippen LogP contribution in [-0.4, -0.2) is 21.1 Å². The van der Waals surface area contributed by atoms with Crippen molar-refractivity contribution in [3.05, 3.63) is 51.6 Å². The highest BCUT2D eigenvalue weighted by atomic mass is 16.6. The summed E-state index contributed by atoms with van der Waals surface area (Å²) in [6.07, 6.45) is -0.280. The third-order valence-electron chi connectivity index (χ3n) is 2.89. The average molecular weight is 261 g/mol. The predicted molar refractivity (Wildman–Crippen MR) is 67.9 cm³/mol. The highest BCUT2D eigenvalue weighted by Gasteiger charge is 2.15. The molecule has 98 valence electrons. The standard InChI is InChI=1S/C13H11NO5/c15-7-10-4-8-2-1-3-12(14(18)19)11(8)5-9(10)6-13(16)17/h1-5,15H,6-7H2,(H,16,17). The van der Waals surface area contributed by atoms with E-state index in [2.05, 4.69) is 0 Å². The number of fused-ring (bicyclic) bond motifs is 1. The van der Waals surface area contributed by atoms with Gasteiger partial charge in [0.15, 0.2) is 0 Å². The van der Waals surface area contributed by atoms with Gasteiger partial charge >= 0.3 is 5.97 Å². The average Bonchev–Trinajstić information content (AvgIpc) is 2.36. The number of nitro groups is 1. The SMILES string of the molecule is O=C(O)Cc1cc2c([N+](=O)[O-])cccc2cc1CO. The number of rotatable bonds is 4. The molecule has 0 unspecified atom stereocenters. The molecule has 19 heavy (non-hydrogen) atoms. The Morgan fingerprint density at radius 1 is 1.26 bits per heavy atom. The minimum atomic E-state index is -1.05. The zero-order valence-electron chi connectivity index (χ0n) is 9.87. The summed E-state index contributed by atoms with van der Waals surface area (Å²) in [7, 11) is 0. The largest absolute Gasteiger partial charge is 0.481 e. The molecular formula is C13H11NO5. The number of nitro benzene ring substituents is 1. The lowest BCUT2D eigenvalue weighted by Crippen LogP contribution is -2.04. The fraction of sp³-hybridized carbons (Fsp3) is 0.154. The molecule has 6 nitrogen and oxygen atoms in total. The quantitative estimate of drug-likeness (QED) is 0.646. The summed E-state index contributed by atoms with van der Waals surface area (Å²) < 4.78 is 0. The molecule has 2 N–H and O–H groups in total. The first kappa shape index (κ1) is 13.0. The Morgan fingerprint density at radius 3 is 2.58 bits per heavy atom. The van der Waals surface area contributed by atoms with Crippen molar-refractivity contribution in [3.8, 4) is 0 Å². The number of hydrogen-bond donors (Lipinski definition) is 2. The van der Waals surface area contributed by atoms with Gasteiger partial charge in [0.2, 0.25) is 0 Å². The van der Waals surface area contributed by atoms with Gasteiger partial charge in [0, 0.05) is 6.07 Å². The van der Waals surface area contributed by atoms with Crippen LogP contribution in [0.1, 0.15) is 11.1 Å². The van der Waals surface area contributed by atoms with Gasteiger partial charge < -0.3 is 10.2 Å². The van der Waals surface area contributed by atoms with E-state index < -0.39 is 10.9 Å². The van der Waals surface area contributed by atoms with Gasteiger partial charge in [-0.25, -0.2) is 0 Å². The molecule has 0 aliphatic heterocycles. The van der Waals surface area contributed by atoms with Crippen molar-refractivity contribution in [3.63, 3.8) is 0 Å². The van der Waals surface area contributed by atoms with Crippen LogP contribution in [0.3, 0.4) is 0 Å². The molecule has 0 amide bonds. The zero-order chi connectivity index (χ0) is 14.0. The van der Waals surface area contributed by atoms with Crippen molar-refractivity contribution in [1.29, 1.82) is 0 Å². The van der Waals surface area contributed by atoms with Crippen molar-refractivity contribution in [2.45, 2.75) is 13.0 Å². The van der Waals surface area contributed by atoms with Gasteiger partial charge in [0.05, 0.1) is 23.3 Å². The van der Waals surface area contributed by atoms with Crippen molar-refractivity contribution >= 4 is 22.4 Å². The van der Waals surface area contributed by atoms with E-state index in [1.807, 2.05) is 0 Å². The first-order chi connectivity index (χ1) is 9.02. The maximum Gasteiger partial charge on any atom is 0.307 e. The Morgan fingerprint density at radius 2 is 2.00 bits per heavy atom. The van der Waals surface area contributed by atoms with Gasteiger partial charge in [-0.3, -0.25) is 14.9 Å². The highest BCUT2D eigenvalue weighted by Crippen LogP contribution is 2.28. The summed E-state index contributed by atoms with van der Waals surface area (Å²) in [6, 6.07) is 7.66. The first-order valence-corrected chi connectivity index (χ1v) is 5.54. The Bertz CT molecular complexity index is 665. The number of carboxylic acid groups (broad SMARTS) is 1. The molecule has 0 aromatic heterocycles. The number of non-ortho nitro benzene ring substituents is 1. The summed E-state index contributed by atoms with van der Waals surface area (Å²) in [5, 5.41) is 30.0. The topological polar surface area (TPSA) is 101 Å². The zero-order valence-corrected chi connectivity index (χ0v) is 9.87. The molecule has 6 heteroatoms. The van der Waals surface area contributed by atoms with Gasteiger partial charge in [-0.2, -0.15) is 0 Å². The Kier molecular flexibility index (Phi) is 3.43. The molecule has 0 atom stereocenters. The number of aliphatic hydroxyl groups is 1. The van der Waals surface area contributed by atoms with Crippen molar-refractivity contribution in [2.75, 3.05) is 0 Å². The van der Waals surface area contributed by atoms with Crippen molar-refractivity contribution in [1.82, 2.24) is 0 Å². The van der Waals surface area contributed by atoms with E-state index in [4.69, 9.17) is 5.11 Å². The van der Waals surface area contributed by atoms with Crippen LogP contribution >= 0.6 is 0 Å². The van der Waals surface area contributed by atoms with E-state index in [0.29, 0.717) is 21.9 Å². The van der Waals surface area contributed by atoms with Gasteiger partial charge in [-0.05, 0) is 28.6 Å². The van der Waals surface area contributed by atoms with Crippen LogP contribution in [-0.2, 0) is 17.8 Å². The molecule has 2 aromatic rings. The fourth-order valence-electron chi connectivity index (χ4n) is 2.03. The molecule has 0 saturated heterocycles. The molecule has 0 heterocycles. The van der Waals surface area contributed by atoms with Crippen LogP contribution in [0.25, 0.3) is 10.8 Å². The second-order valence-corrected chi connectivity index (χ2v) is 4.10. The maximum absolute atomic E-state index is 10.9. The molecule has 0 spiro atoms. The molecule has 0 saturated carbocycles. The number of nitrogens with zero attached hydrogens (tertiary/aromatic N) is 1. The Hall–Kier alpha value is -2.47. The molecule has 0 fully saturated rings. The smallest absolute Gasteiger partial charge is 0.307 e. The van der Waals surface area contributed by atoms with E-state index in [9.17, 15) is 20.0 Å². The Balaban J connectivity index is 2.71. The lowest BCUT2D eigenvalue weighted by Gasteiger charge is -2.08. The predicted octanol–water partition coefficient (Wildman–Crippen LogP) is 1.87. The lowest BCUT2D eigenvalue weighted by atomic mass is 9.98. The Labute approximate surface area is 108 Å². The molecule has 2 rings (SSSR count). The van der Waals surface area contributed by atoms with E-state index in [1.165, 1.54) is 12.1 Å². The van der Waals surface area contributed by atoms with Crippen molar-refractivity contribution < 1.29 is 19.9 Å². The monoisotopic (exact) mass is 261 g/mol. The molecule has 0 aliphatic carbocycles. The second kappa shape index (κ2) is 5.03.